The van der Waals surface area contributed by atoms with Gasteiger partial charge in [0, 0.05) is 41.4 Å². The Morgan fingerprint density at radius 2 is 2.05 bits per heavy atom. The molecular weight excluding hydrogens is 430 g/mol. The first-order valence-corrected chi connectivity index (χ1v) is 8.65. The summed E-state index contributed by atoms with van der Waals surface area (Å²) in [5.41, 5.74) is 0. The smallest absolute Gasteiger partial charge is 0.356 e. The fraction of sp³-hybridized carbons (Fsp3) is 0.923. The molecule has 0 aromatic carbocycles. The Morgan fingerprint density at radius 1 is 1.36 bits per heavy atom. The van der Waals surface area contributed by atoms with Gasteiger partial charge >= 0.3 is 6.18 Å². The second-order valence-electron chi connectivity index (χ2n) is 5.16. The Labute approximate surface area is 149 Å². The molecule has 1 fully saturated rings. The molecule has 0 aromatic heterocycles. The minimum Gasteiger partial charge on any atom is -0.356 e. The number of alkyl halides is 3. The van der Waals surface area contributed by atoms with Crippen molar-refractivity contribution in [3.8, 4) is 0 Å². The van der Waals surface area contributed by atoms with Crippen LogP contribution in [0.3, 0.4) is 0 Å². The quantitative estimate of drug-likeness (QED) is 0.381. The molecule has 0 aliphatic heterocycles. The number of aliphatic imine (C=N–C) groups is 1. The molecule has 4 nitrogen and oxygen atoms in total. The third kappa shape index (κ3) is 8.54. The molecule has 0 aromatic rings. The normalized spacial score (nSPS) is 24.3. The van der Waals surface area contributed by atoms with Crippen LogP contribution in [0.2, 0.25) is 0 Å². The molecule has 0 saturated heterocycles. The second kappa shape index (κ2) is 10.7. The van der Waals surface area contributed by atoms with Crippen molar-refractivity contribution in [3.05, 3.63) is 0 Å². The summed E-state index contributed by atoms with van der Waals surface area (Å²) < 4.78 is 48.2. The molecule has 0 spiro atoms. The van der Waals surface area contributed by atoms with Gasteiger partial charge in [0.2, 0.25) is 0 Å². The SMILES string of the molecule is CCS(=O)C1CCCC(NC(=NC)NCCC(F)(F)F)C1.I. The minimum atomic E-state index is -4.17. The number of nitrogens with zero attached hydrogens (tertiary/aromatic N) is 1. The van der Waals surface area contributed by atoms with Gasteiger partial charge in [-0.3, -0.25) is 9.20 Å². The number of guanidine groups is 1. The average molecular weight is 455 g/mol. The molecule has 2 N–H and O–H groups in total. The molecule has 0 heterocycles. The van der Waals surface area contributed by atoms with Crippen LogP contribution in [0, 0.1) is 0 Å². The molecule has 132 valence electrons. The van der Waals surface area contributed by atoms with Gasteiger partial charge in [-0.2, -0.15) is 13.2 Å². The largest absolute Gasteiger partial charge is 0.390 e. The number of halogens is 4. The highest BCUT2D eigenvalue weighted by atomic mass is 127. The summed E-state index contributed by atoms with van der Waals surface area (Å²) in [6, 6.07) is 0.122. The summed E-state index contributed by atoms with van der Waals surface area (Å²) in [4.78, 5) is 3.94. The van der Waals surface area contributed by atoms with E-state index in [-0.39, 0.29) is 41.8 Å². The van der Waals surface area contributed by atoms with Gasteiger partial charge in [-0.25, -0.2) is 0 Å². The van der Waals surface area contributed by atoms with E-state index in [0.717, 1.165) is 25.7 Å². The van der Waals surface area contributed by atoms with Crippen LogP contribution < -0.4 is 10.6 Å². The maximum Gasteiger partial charge on any atom is 0.390 e. The summed E-state index contributed by atoms with van der Waals surface area (Å²) in [5.74, 6) is 1.03. The lowest BCUT2D eigenvalue weighted by molar-refractivity contribution is -0.132. The van der Waals surface area contributed by atoms with E-state index in [0.29, 0.717) is 11.7 Å². The Morgan fingerprint density at radius 3 is 2.59 bits per heavy atom. The van der Waals surface area contributed by atoms with Crippen LogP contribution in [-0.2, 0) is 10.8 Å². The van der Waals surface area contributed by atoms with Gasteiger partial charge in [0.1, 0.15) is 0 Å². The van der Waals surface area contributed by atoms with E-state index in [1.807, 2.05) is 6.92 Å². The first-order valence-electron chi connectivity index (χ1n) is 7.26. The summed E-state index contributed by atoms with van der Waals surface area (Å²) >= 11 is 0. The highest BCUT2D eigenvalue weighted by molar-refractivity contribution is 14.0. The molecule has 1 rings (SSSR count). The second-order valence-corrected chi connectivity index (χ2v) is 7.17. The lowest BCUT2D eigenvalue weighted by Gasteiger charge is -2.30. The van der Waals surface area contributed by atoms with E-state index in [1.165, 1.54) is 7.05 Å². The topological polar surface area (TPSA) is 53.5 Å². The van der Waals surface area contributed by atoms with Gasteiger partial charge in [0.25, 0.3) is 0 Å². The standard InChI is InChI=1S/C13H24F3N3OS.HI/c1-3-21(20)11-6-4-5-10(9-11)19-12(17-2)18-8-7-13(14,15)16;/h10-11H,3-9H2,1-2H3,(H2,17,18,19);1H. The highest BCUT2D eigenvalue weighted by Gasteiger charge is 2.28. The lowest BCUT2D eigenvalue weighted by Crippen LogP contribution is -2.47. The summed E-state index contributed by atoms with van der Waals surface area (Å²) in [6.45, 7) is 1.71. The van der Waals surface area contributed by atoms with Crippen LogP contribution in [0.25, 0.3) is 0 Å². The van der Waals surface area contributed by atoms with E-state index in [2.05, 4.69) is 15.6 Å². The van der Waals surface area contributed by atoms with Crippen molar-refractivity contribution in [2.45, 2.75) is 56.5 Å². The van der Waals surface area contributed by atoms with E-state index in [1.54, 1.807) is 0 Å². The molecule has 0 amide bonds. The van der Waals surface area contributed by atoms with Crippen molar-refractivity contribution in [3.63, 3.8) is 0 Å². The molecule has 9 heteroatoms. The van der Waals surface area contributed by atoms with E-state index in [4.69, 9.17) is 0 Å². The van der Waals surface area contributed by atoms with Crippen molar-refractivity contribution in [2.75, 3.05) is 19.3 Å². The zero-order valence-electron chi connectivity index (χ0n) is 12.9. The molecule has 1 aliphatic rings. The molecule has 0 bridgehead atoms. The third-order valence-electron chi connectivity index (χ3n) is 3.55. The van der Waals surface area contributed by atoms with E-state index in [9.17, 15) is 17.4 Å². The molecule has 1 aliphatic carbocycles. The molecule has 22 heavy (non-hydrogen) atoms. The third-order valence-corrected chi connectivity index (χ3v) is 5.29. The van der Waals surface area contributed by atoms with Crippen molar-refractivity contribution >= 4 is 40.7 Å². The maximum absolute atomic E-state index is 12.1. The number of hydrogen-bond donors (Lipinski definition) is 2. The van der Waals surface area contributed by atoms with Crippen molar-refractivity contribution in [1.82, 2.24) is 10.6 Å². The Kier molecular flexibility index (Phi) is 10.6. The summed E-state index contributed by atoms with van der Waals surface area (Å²) in [6.07, 6.45) is -1.41. The Hall–Kier alpha value is -0.0600. The van der Waals surface area contributed by atoms with Crippen LogP contribution in [-0.4, -0.2) is 47.0 Å². The van der Waals surface area contributed by atoms with Crippen LogP contribution in [0.15, 0.2) is 4.99 Å². The zero-order chi connectivity index (χ0) is 15.9. The first-order chi connectivity index (χ1) is 9.85. The number of rotatable bonds is 5. The fourth-order valence-corrected chi connectivity index (χ4v) is 3.81. The highest BCUT2D eigenvalue weighted by Crippen LogP contribution is 2.23. The Bertz CT molecular complexity index is 380. The van der Waals surface area contributed by atoms with Crippen LogP contribution in [0.4, 0.5) is 13.2 Å². The van der Waals surface area contributed by atoms with Crippen LogP contribution in [0.5, 0.6) is 0 Å². The zero-order valence-corrected chi connectivity index (χ0v) is 16.1. The van der Waals surface area contributed by atoms with Gasteiger partial charge in [-0.05, 0) is 19.3 Å². The van der Waals surface area contributed by atoms with Crippen LogP contribution >= 0.6 is 24.0 Å². The van der Waals surface area contributed by atoms with Gasteiger partial charge in [0.05, 0.1) is 6.42 Å². The van der Waals surface area contributed by atoms with Gasteiger partial charge in [-0.1, -0.05) is 13.3 Å². The van der Waals surface area contributed by atoms with E-state index >= 15 is 0 Å². The summed E-state index contributed by atoms with van der Waals surface area (Å²) in [5, 5.41) is 5.99. The lowest BCUT2D eigenvalue weighted by atomic mass is 9.95. The molecule has 3 atom stereocenters. The monoisotopic (exact) mass is 455 g/mol. The molecular formula is C13H25F3IN3OS. The maximum atomic E-state index is 12.1. The minimum absolute atomic E-state index is 0. The first kappa shape index (κ1) is 21.9. The molecule has 3 unspecified atom stereocenters. The number of nitrogens with one attached hydrogen (secondary N) is 2. The van der Waals surface area contributed by atoms with Crippen molar-refractivity contribution in [1.29, 1.82) is 0 Å². The molecule has 0 radical (unpaired) electrons. The van der Waals surface area contributed by atoms with Crippen molar-refractivity contribution < 1.29 is 17.4 Å². The molecule has 1 saturated carbocycles. The predicted octanol–water partition coefficient (Wildman–Crippen LogP) is 2.80. The van der Waals surface area contributed by atoms with Crippen molar-refractivity contribution in [2.24, 2.45) is 4.99 Å². The fourth-order valence-electron chi connectivity index (χ4n) is 2.46. The van der Waals surface area contributed by atoms with Gasteiger partial charge in [0.15, 0.2) is 5.96 Å². The predicted molar refractivity (Wildman–Crippen MR) is 95.3 cm³/mol. The number of hydrogen-bond acceptors (Lipinski definition) is 2. The summed E-state index contributed by atoms with van der Waals surface area (Å²) in [7, 11) is 0.718. The van der Waals surface area contributed by atoms with E-state index < -0.39 is 23.4 Å². The van der Waals surface area contributed by atoms with Crippen LogP contribution in [0.1, 0.15) is 39.0 Å². The van der Waals surface area contributed by atoms with Gasteiger partial charge in [-0.15, -0.1) is 24.0 Å². The Balaban J connectivity index is 0.00000441. The van der Waals surface area contributed by atoms with Gasteiger partial charge < -0.3 is 10.6 Å². The average Bonchev–Trinajstić information content (AvgIpc) is 2.44.